The Morgan fingerprint density at radius 1 is 1.19 bits per heavy atom. The van der Waals surface area contributed by atoms with Crippen molar-refractivity contribution in [3.63, 3.8) is 0 Å². The number of fused-ring (bicyclic) bond motifs is 1. The van der Waals surface area contributed by atoms with Crippen molar-refractivity contribution in [2.75, 3.05) is 13.1 Å². The van der Waals surface area contributed by atoms with Gasteiger partial charge in [0.2, 0.25) is 0 Å². The van der Waals surface area contributed by atoms with Crippen molar-refractivity contribution in [3.05, 3.63) is 52.8 Å². The zero-order chi connectivity index (χ0) is 18.1. The molecule has 3 N–H and O–H groups in total. The van der Waals surface area contributed by atoms with E-state index in [2.05, 4.69) is 16.3 Å². The Labute approximate surface area is 151 Å². The molecule has 1 saturated heterocycles. The fourth-order valence-corrected chi connectivity index (χ4v) is 3.79. The number of rotatable bonds is 3. The van der Waals surface area contributed by atoms with Gasteiger partial charge < -0.3 is 15.4 Å². The van der Waals surface area contributed by atoms with Crippen LogP contribution < -0.4 is 5.73 Å². The van der Waals surface area contributed by atoms with E-state index in [1.54, 1.807) is 6.07 Å². The predicted octanol–water partition coefficient (Wildman–Crippen LogP) is 1.36. The van der Waals surface area contributed by atoms with Gasteiger partial charge in [-0.15, -0.1) is 0 Å². The van der Waals surface area contributed by atoms with Gasteiger partial charge in [-0.2, -0.15) is 5.10 Å². The molecule has 2 aliphatic heterocycles. The van der Waals surface area contributed by atoms with Gasteiger partial charge in [0.15, 0.2) is 0 Å². The average molecular weight is 354 g/mol. The number of carbonyl (C=O) groups excluding carboxylic acids is 2. The van der Waals surface area contributed by atoms with Crippen molar-refractivity contribution in [3.8, 4) is 0 Å². The number of aromatic nitrogens is 2. The van der Waals surface area contributed by atoms with E-state index in [9.17, 15) is 9.59 Å². The van der Waals surface area contributed by atoms with Crippen molar-refractivity contribution in [1.82, 2.24) is 15.1 Å². The van der Waals surface area contributed by atoms with Crippen LogP contribution in [0.15, 0.2) is 30.3 Å². The molecule has 2 aromatic rings. The number of likely N-dealkylation sites (tertiary alicyclic amines) is 1. The molecule has 1 unspecified atom stereocenters. The molecule has 2 amide bonds. The molecule has 1 aromatic heterocycles. The van der Waals surface area contributed by atoms with E-state index in [-0.39, 0.29) is 17.5 Å². The zero-order valence-corrected chi connectivity index (χ0v) is 14.5. The Hall–Kier alpha value is -2.67. The van der Waals surface area contributed by atoms with Crippen molar-refractivity contribution in [1.29, 1.82) is 0 Å². The summed E-state index contributed by atoms with van der Waals surface area (Å²) in [6.45, 7) is 1.85. The smallest absolute Gasteiger partial charge is 0.269 e. The van der Waals surface area contributed by atoms with Crippen LogP contribution in [0, 0.1) is 0 Å². The lowest BCUT2D eigenvalue weighted by Crippen LogP contribution is -2.46. The molecule has 4 rings (SSSR count). The number of ether oxygens (including phenoxy) is 1. The van der Waals surface area contributed by atoms with Gasteiger partial charge in [0.1, 0.15) is 11.8 Å². The highest BCUT2D eigenvalue weighted by Gasteiger charge is 2.32. The van der Waals surface area contributed by atoms with Gasteiger partial charge in [0.05, 0.1) is 6.61 Å². The molecule has 0 spiro atoms. The molecule has 7 nitrogen and oxygen atoms in total. The number of primary amides is 1. The first kappa shape index (κ1) is 16.8. The Balaban J connectivity index is 1.36. The standard InChI is InChI=1S/C19H22N4O3/c20-18(24)16-10-15(21-22-16)12-5-7-23(8-6-12)19(25)17-9-13-3-1-2-4-14(13)11-26-17/h1-4,10,12,17H,5-9,11H2,(H2,20,24)(H,21,22). The highest BCUT2D eigenvalue weighted by atomic mass is 16.5. The molecule has 1 atom stereocenters. The summed E-state index contributed by atoms with van der Waals surface area (Å²) in [5.41, 5.74) is 8.78. The van der Waals surface area contributed by atoms with Crippen LogP contribution in [0.1, 0.15) is 46.1 Å². The highest BCUT2D eigenvalue weighted by molar-refractivity contribution is 5.90. The van der Waals surface area contributed by atoms with E-state index in [0.717, 1.165) is 18.5 Å². The minimum atomic E-state index is -0.533. The topological polar surface area (TPSA) is 101 Å². The van der Waals surface area contributed by atoms with Crippen molar-refractivity contribution >= 4 is 11.8 Å². The van der Waals surface area contributed by atoms with E-state index >= 15 is 0 Å². The molecule has 26 heavy (non-hydrogen) atoms. The first-order valence-corrected chi connectivity index (χ1v) is 8.94. The van der Waals surface area contributed by atoms with Gasteiger partial charge in [0.25, 0.3) is 11.8 Å². The number of hydrogen-bond donors (Lipinski definition) is 2. The Bertz CT molecular complexity index is 824. The summed E-state index contributed by atoms with van der Waals surface area (Å²) in [6, 6.07) is 9.83. The number of H-pyrrole nitrogens is 1. The average Bonchev–Trinajstić information content (AvgIpc) is 3.18. The number of carbonyl (C=O) groups is 2. The SMILES string of the molecule is NC(=O)c1cc(C2CCN(C(=O)C3Cc4ccccc4CO3)CC2)[nH]n1. The van der Waals surface area contributed by atoms with Crippen LogP contribution in [0.4, 0.5) is 0 Å². The van der Waals surface area contributed by atoms with Crippen molar-refractivity contribution in [2.24, 2.45) is 5.73 Å². The third-order valence-electron chi connectivity index (χ3n) is 5.34. The lowest BCUT2D eigenvalue weighted by atomic mass is 9.92. The van der Waals surface area contributed by atoms with Crippen LogP contribution in [0.5, 0.6) is 0 Å². The molecular weight excluding hydrogens is 332 g/mol. The maximum Gasteiger partial charge on any atom is 0.269 e. The predicted molar refractivity (Wildman–Crippen MR) is 94.4 cm³/mol. The van der Waals surface area contributed by atoms with Gasteiger partial charge in [-0.05, 0) is 30.0 Å². The summed E-state index contributed by atoms with van der Waals surface area (Å²) >= 11 is 0. The summed E-state index contributed by atoms with van der Waals surface area (Å²) in [5, 5.41) is 6.84. The Morgan fingerprint density at radius 2 is 1.92 bits per heavy atom. The molecule has 136 valence electrons. The number of nitrogens with two attached hydrogens (primary N) is 1. The molecule has 2 aliphatic rings. The Kier molecular flexibility index (Phi) is 4.46. The summed E-state index contributed by atoms with van der Waals surface area (Å²) in [5.74, 6) is -0.206. The van der Waals surface area contributed by atoms with Gasteiger partial charge in [0, 0.05) is 31.1 Å². The summed E-state index contributed by atoms with van der Waals surface area (Å²) < 4.78 is 5.80. The lowest BCUT2D eigenvalue weighted by Gasteiger charge is -2.35. The second kappa shape index (κ2) is 6.92. The summed E-state index contributed by atoms with van der Waals surface area (Å²) in [7, 11) is 0. The molecule has 3 heterocycles. The first-order chi connectivity index (χ1) is 12.6. The number of piperidine rings is 1. The van der Waals surface area contributed by atoms with E-state index in [1.165, 1.54) is 11.1 Å². The van der Waals surface area contributed by atoms with Crippen LogP contribution in [-0.2, 0) is 22.6 Å². The molecule has 0 saturated carbocycles. The number of amides is 2. The molecule has 0 radical (unpaired) electrons. The number of benzene rings is 1. The zero-order valence-electron chi connectivity index (χ0n) is 14.5. The highest BCUT2D eigenvalue weighted by Crippen LogP contribution is 2.28. The largest absolute Gasteiger partial charge is 0.364 e. The normalized spacial score (nSPS) is 20.6. The number of hydrogen-bond acceptors (Lipinski definition) is 4. The Morgan fingerprint density at radius 3 is 2.62 bits per heavy atom. The third kappa shape index (κ3) is 3.22. The first-order valence-electron chi connectivity index (χ1n) is 8.94. The molecule has 0 bridgehead atoms. The molecule has 0 aliphatic carbocycles. The van der Waals surface area contributed by atoms with Crippen LogP contribution in [0.25, 0.3) is 0 Å². The monoisotopic (exact) mass is 354 g/mol. The molecule has 1 fully saturated rings. The van der Waals surface area contributed by atoms with Crippen molar-refractivity contribution in [2.45, 2.75) is 37.9 Å². The van der Waals surface area contributed by atoms with E-state index in [0.29, 0.717) is 26.1 Å². The van der Waals surface area contributed by atoms with E-state index in [1.807, 2.05) is 23.1 Å². The fourth-order valence-electron chi connectivity index (χ4n) is 3.79. The molecular formula is C19H22N4O3. The lowest BCUT2D eigenvalue weighted by molar-refractivity contribution is -0.146. The number of nitrogens with zero attached hydrogens (tertiary/aromatic N) is 2. The minimum absolute atomic E-state index is 0.0698. The van der Waals surface area contributed by atoms with E-state index in [4.69, 9.17) is 10.5 Å². The maximum absolute atomic E-state index is 12.8. The minimum Gasteiger partial charge on any atom is -0.364 e. The van der Waals surface area contributed by atoms with Gasteiger partial charge >= 0.3 is 0 Å². The molecule has 1 aromatic carbocycles. The van der Waals surface area contributed by atoms with Gasteiger partial charge in [-0.3, -0.25) is 14.7 Å². The fraction of sp³-hybridized carbons (Fsp3) is 0.421. The van der Waals surface area contributed by atoms with Crippen LogP contribution in [-0.4, -0.2) is 46.1 Å². The van der Waals surface area contributed by atoms with Crippen LogP contribution in [0.3, 0.4) is 0 Å². The van der Waals surface area contributed by atoms with Gasteiger partial charge in [-0.25, -0.2) is 0 Å². The molecule has 7 heteroatoms. The maximum atomic E-state index is 12.8. The van der Waals surface area contributed by atoms with Crippen LogP contribution >= 0.6 is 0 Å². The second-order valence-corrected chi connectivity index (χ2v) is 6.94. The number of nitrogens with one attached hydrogen (secondary N) is 1. The van der Waals surface area contributed by atoms with E-state index < -0.39 is 12.0 Å². The van der Waals surface area contributed by atoms with Gasteiger partial charge in [-0.1, -0.05) is 24.3 Å². The third-order valence-corrected chi connectivity index (χ3v) is 5.34. The van der Waals surface area contributed by atoms with Crippen molar-refractivity contribution < 1.29 is 14.3 Å². The summed E-state index contributed by atoms with van der Waals surface area (Å²) in [6.07, 6.45) is 1.90. The number of aromatic amines is 1. The van der Waals surface area contributed by atoms with Crippen LogP contribution in [0.2, 0.25) is 0 Å². The quantitative estimate of drug-likeness (QED) is 0.869. The summed E-state index contributed by atoms with van der Waals surface area (Å²) in [4.78, 5) is 25.9. The second-order valence-electron chi connectivity index (χ2n) is 6.94.